The van der Waals surface area contributed by atoms with E-state index in [1.54, 1.807) is 24.3 Å². The molecule has 0 unspecified atom stereocenters. The van der Waals surface area contributed by atoms with Gasteiger partial charge in [-0.05, 0) is 24.3 Å². The Kier molecular flexibility index (Phi) is 14.8. The highest BCUT2D eigenvalue weighted by Crippen LogP contribution is 2.02. The van der Waals surface area contributed by atoms with Crippen molar-refractivity contribution in [3.8, 4) is 5.75 Å². The third-order valence-electron chi connectivity index (χ3n) is 1.56. The summed E-state index contributed by atoms with van der Waals surface area (Å²) in [6.45, 7) is 2.00. The first-order chi connectivity index (χ1) is 9.52. The Balaban J connectivity index is 0. The molecule has 6 nitrogen and oxygen atoms in total. The lowest BCUT2D eigenvalue weighted by atomic mass is 10.3. The third kappa shape index (κ3) is 18.1. The smallest absolute Gasteiger partial charge is 0.508 e. The number of aromatic hydroxyl groups is 1. The molecule has 5 N–H and O–H groups in total. The van der Waals surface area contributed by atoms with Crippen LogP contribution in [0.1, 0.15) is 0 Å². The number of rotatable bonds is 0. The van der Waals surface area contributed by atoms with Gasteiger partial charge in [-0.15, -0.1) is 9.79 Å². The molecule has 0 saturated carbocycles. The summed E-state index contributed by atoms with van der Waals surface area (Å²) in [6.07, 6.45) is 0. The van der Waals surface area contributed by atoms with Gasteiger partial charge in [0.05, 0.1) is 0 Å². The molecule has 2 aromatic rings. The molecule has 0 aliphatic carbocycles. The highest BCUT2D eigenvalue weighted by atomic mass is 31.1. The van der Waals surface area contributed by atoms with Gasteiger partial charge in [0.1, 0.15) is 12.5 Å². The van der Waals surface area contributed by atoms with Crippen LogP contribution < -0.4 is 5.73 Å². The summed E-state index contributed by atoms with van der Waals surface area (Å²) in [4.78, 5) is 22.2. The summed E-state index contributed by atoms with van der Waals surface area (Å²) >= 11 is 0. The second-order valence-corrected chi connectivity index (χ2v) is 3.50. The molecule has 2 rings (SSSR count). The fourth-order valence-corrected chi connectivity index (χ4v) is 0.881. The predicted octanol–water partition coefficient (Wildman–Crippen LogP) is 2.10. The van der Waals surface area contributed by atoms with Gasteiger partial charge < -0.3 is 15.6 Å². The van der Waals surface area contributed by atoms with Crippen LogP contribution in [-0.2, 0) is 9.36 Å². The van der Waals surface area contributed by atoms with Crippen molar-refractivity contribution in [2.24, 2.45) is 0 Å². The Bertz CT molecular complexity index is 411. The summed E-state index contributed by atoms with van der Waals surface area (Å²) < 4.78 is 8.70. The Labute approximate surface area is 118 Å². The first-order valence-corrected chi connectivity index (χ1v) is 6.37. The molecule has 0 fully saturated rings. The molecule has 0 heterocycles. The van der Waals surface area contributed by atoms with E-state index in [4.69, 9.17) is 30.0 Å². The van der Waals surface area contributed by atoms with E-state index >= 15 is 0 Å². The Morgan fingerprint density at radius 3 is 1.30 bits per heavy atom. The summed E-state index contributed by atoms with van der Waals surface area (Å²) in [5.41, 5.74) is 6.18. The highest BCUT2D eigenvalue weighted by molar-refractivity contribution is 7.30. The number of carbonyl (C=O) groups is 1. The van der Waals surface area contributed by atoms with Crippen LogP contribution in [0.15, 0.2) is 60.7 Å². The van der Waals surface area contributed by atoms with Crippen LogP contribution in [0.5, 0.6) is 5.75 Å². The first kappa shape index (κ1) is 20.1. The molecule has 0 saturated heterocycles. The molecule has 0 aliphatic heterocycles. The number of nitrogen functional groups attached to an aromatic ring is 1. The van der Waals surface area contributed by atoms with E-state index < -0.39 is 8.25 Å². The molecule has 0 bridgehead atoms. The van der Waals surface area contributed by atoms with Crippen LogP contribution >= 0.6 is 8.25 Å². The van der Waals surface area contributed by atoms with Gasteiger partial charge in [0, 0.05) is 10.3 Å². The molecule has 0 aliphatic rings. The number of hydrogen-bond donors (Lipinski definition) is 4. The van der Waals surface area contributed by atoms with Gasteiger partial charge in [-0.25, -0.2) is 0 Å². The number of phenols is 1. The van der Waals surface area contributed by atoms with Crippen molar-refractivity contribution in [3.63, 3.8) is 0 Å². The average molecular weight is 298 g/mol. The van der Waals surface area contributed by atoms with Crippen molar-refractivity contribution >= 4 is 20.7 Å². The number of phenolic OH excluding ortho intramolecular Hbond substituents is 1. The topological polar surface area (TPSA) is 121 Å². The minimum absolute atomic E-state index is 0.322. The molecule has 2 aromatic carbocycles. The second-order valence-electron chi connectivity index (χ2n) is 3.00. The van der Waals surface area contributed by atoms with Crippen molar-refractivity contribution in [2.75, 3.05) is 5.73 Å². The minimum atomic E-state index is -2.87. The SMILES string of the molecule is C=O.Nc1ccccc1.O=[P+](O)O.Oc1ccccc1. The zero-order valence-corrected chi connectivity index (χ0v) is 11.6. The normalized spacial score (nSPS) is 7.50. The zero-order chi connectivity index (χ0) is 15.8. The van der Waals surface area contributed by atoms with Gasteiger partial charge in [0.15, 0.2) is 0 Å². The Morgan fingerprint density at radius 2 is 1.15 bits per heavy atom. The third-order valence-corrected chi connectivity index (χ3v) is 1.56. The molecule has 0 atom stereocenters. The van der Waals surface area contributed by atoms with E-state index in [9.17, 15) is 0 Å². The van der Waals surface area contributed by atoms with Crippen LogP contribution in [0, 0.1) is 0 Å². The highest BCUT2D eigenvalue weighted by Gasteiger charge is 1.93. The predicted molar refractivity (Wildman–Crippen MR) is 78.1 cm³/mol. The maximum atomic E-state index is 8.70. The number of nitrogens with two attached hydrogens (primary N) is 1. The lowest BCUT2D eigenvalue weighted by Gasteiger charge is -1.83. The molecule has 108 valence electrons. The fraction of sp³-hybridized carbons (Fsp3) is 0. The minimum Gasteiger partial charge on any atom is -0.508 e. The number of anilines is 1. The van der Waals surface area contributed by atoms with Crippen LogP contribution in [0.25, 0.3) is 0 Å². The van der Waals surface area contributed by atoms with Gasteiger partial charge in [-0.3, -0.25) is 0 Å². The van der Waals surface area contributed by atoms with E-state index in [2.05, 4.69) is 0 Å². The van der Waals surface area contributed by atoms with Crippen LogP contribution in [0.2, 0.25) is 0 Å². The second kappa shape index (κ2) is 14.8. The van der Waals surface area contributed by atoms with Crippen molar-refractivity contribution in [3.05, 3.63) is 60.7 Å². The quantitative estimate of drug-likeness (QED) is 0.436. The average Bonchev–Trinajstić information content (AvgIpc) is 2.43. The van der Waals surface area contributed by atoms with Crippen LogP contribution in [0.3, 0.4) is 0 Å². The number of hydrogen-bond acceptors (Lipinski definition) is 4. The molecule has 0 spiro atoms. The lowest BCUT2D eigenvalue weighted by molar-refractivity contribution is -0.0980. The molecule has 20 heavy (non-hydrogen) atoms. The number of carbonyl (C=O) groups excluding carboxylic acids is 1. The lowest BCUT2D eigenvalue weighted by Crippen LogP contribution is -1.79. The maximum Gasteiger partial charge on any atom is 0.692 e. The molecule has 0 aromatic heterocycles. The van der Waals surface area contributed by atoms with E-state index in [0.717, 1.165) is 5.69 Å². The van der Waals surface area contributed by atoms with E-state index in [0.29, 0.717) is 5.75 Å². The molecular formula is C13H17NO5P+. The Hall–Kier alpha value is -2.27. The molecule has 0 amide bonds. The molecular weight excluding hydrogens is 281 g/mol. The maximum absolute atomic E-state index is 8.70. The van der Waals surface area contributed by atoms with Gasteiger partial charge in [-0.1, -0.05) is 36.4 Å². The van der Waals surface area contributed by atoms with Gasteiger partial charge in [0.25, 0.3) is 0 Å². The zero-order valence-electron chi connectivity index (χ0n) is 10.7. The van der Waals surface area contributed by atoms with Crippen molar-refractivity contribution < 1.29 is 24.3 Å². The summed E-state index contributed by atoms with van der Waals surface area (Å²) in [5.74, 6) is 0.322. The summed E-state index contributed by atoms with van der Waals surface area (Å²) in [6, 6.07) is 18.2. The van der Waals surface area contributed by atoms with Gasteiger partial charge in [-0.2, -0.15) is 0 Å². The standard InChI is InChI=1S/C6H7N.C6H6O.CH2O.HO3P/c2*7-6-4-2-1-3-5-6;1-2;1-4(2)3/h1-5H,7H2;1-5,7H;1H2;(H-,1,2,3)/p+1. The Morgan fingerprint density at radius 1 is 0.850 bits per heavy atom. The van der Waals surface area contributed by atoms with Crippen molar-refractivity contribution in [2.45, 2.75) is 0 Å². The van der Waals surface area contributed by atoms with Crippen molar-refractivity contribution in [1.82, 2.24) is 0 Å². The largest absolute Gasteiger partial charge is 0.692 e. The monoisotopic (exact) mass is 298 g/mol. The van der Waals surface area contributed by atoms with Crippen molar-refractivity contribution in [1.29, 1.82) is 0 Å². The van der Waals surface area contributed by atoms with Gasteiger partial charge >= 0.3 is 8.25 Å². The van der Waals surface area contributed by atoms with E-state index in [-0.39, 0.29) is 0 Å². The van der Waals surface area contributed by atoms with E-state index in [1.165, 1.54) is 0 Å². The summed E-state index contributed by atoms with van der Waals surface area (Å²) in [7, 11) is -2.87. The van der Waals surface area contributed by atoms with Crippen LogP contribution in [-0.4, -0.2) is 21.7 Å². The van der Waals surface area contributed by atoms with Crippen LogP contribution in [0.4, 0.5) is 5.69 Å². The molecule has 0 radical (unpaired) electrons. The first-order valence-electron chi connectivity index (χ1n) is 5.20. The fourth-order valence-electron chi connectivity index (χ4n) is 0.881. The summed E-state index contributed by atoms with van der Waals surface area (Å²) in [5, 5.41) is 8.63. The van der Waals surface area contributed by atoms with Gasteiger partial charge in [0.2, 0.25) is 0 Å². The number of benzene rings is 2. The number of para-hydroxylation sites is 2. The van der Waals surface area contributed by atoms with E-state index in [1.807, 2.05) is 43.2 Å². The molecule has 7 heteroatoms.